The van der Waals surface area contributed by atoms with Gasteiger partial charge in [-0.2, -0.15) is 0 Å². The molecule has 0 aliphatic rings. The molecule has 0 amide bonds. The molecule has 0 atom stereocenters. The Morgan fingerprint density at radius 1 is 0.632 bits per heavy atom. The third-order valence-corrected chi connectivity index (χ3v) is 1.05. The summed E-state index contributed by atoms with van der Waals surface area (Å²) in [6.07, 6.45) is 0. The maximum atomic E-state index is 9.49. The molecular formula is C12H15GdO6. The molecule has 0 aliphatic heterocycles. The molecule has 0 saturated heterocycles. The van der Waals surface area contributed by atoms with Crippen molar-refractivity contribution in [3.05, 3.63) is 36.5 Å². The first-order valence-electron chi connectivity index (χ1n) is 4.54. The monoisotopic (exact) mass is 413 g/mol. The predicted molar refractivity (Wildman–Crippen MR) is 59.5 cm³/mol. The number of carbonyl (C=O) groups is 3. The van der Waals surface area contributed by atoms with Crippen LogP contribution in [0.4, 0.5) is 0 Å². The van der Waals surface area contributed by atoms with Crippen molar-refractivity contribution < 1.29 is 69.6 Å². The molecule has 7 heteroatoms. The Balaban J connectivity index is -0.0000000865. The number of carboxylic acid groups (broad SMARTS) is 3. The van der Waals surface area contributed by atoms with Crippen molar-refractivity contribution in [2.45, 2.75) is 20.8 Å². The van der Waals surface area contributed by atoms with E-state index in [1.54, 1.807) is 0 Å². The van der Waals surface area contributed by atoms with Crippen LogP contribution in [0.5, 0.6) is 0 Å². The van der Waals surface area contributed by atoms with Crippen molar-refractivity contribution >= 4 is 17.9 Å². The maximum Gasteiger partial charge on any atom is 3.00 e. The summed E-state index contributed by atoms with van der Waals surface area (Å²) < 4.78 is 0. The molecule has 19 heavy (non-hydrogen) atoms. The number of aliphatic carboxylic acids is 3. The minimum Gasteiger partial charge on any atom is -0.545 e. The van der Waals surface area contributed by atoms with E-state index < -0.39 is 17.9 Å². The molecule has 0 spiro atoms. The van der Waals surface area contributed by atoms with Crippen molar-refractivity contribution in [2.24, 2.45) is 0 Å². The maximum absolute atomic E-state index is 9.49. The van der Waals surface area contributed by atoms with Gasteiger partial charge in [-0.1, -0.05) is 19.7 Å². The normalized spacial score (nSPS) is 7.11. The molecule has 0 aromatic carbocycles. The summed E-state index contributed by atoms with van der Waals surface area (Å²) in [5.41, 5.74) is 0.194. The number of hydrogen-bond acceptors (Lipinski definition) is 6. The van der Waals surface area contributed by atoms with E-state index in [9.17, 15) is 29.7 Å². The van der Waals surface area contributed by atoms with Gasteiger partial charge in [0, 0.05) is 0 Å². The first-order valence-corrected chi connectivity index (χ1v) is 4.54. The van der Waals surface area contributed by atoms with Gasteiger partial charge in [0.2, 0.25) is 0 Å². The van der Waals surface area contributed by atoms with E-state index in [-0.39, 0.29) is 56.7 Å². The molecule has 0 aliphatic carbocycles. The van der Waals surface area contributed by atoms with Crippen molar-refractivity contribution in [1.82, 2.24) is 0 Å². The number of carbonyl (C=O) groups excluding carboxylic acids is 3. The van der Waals surface area contributed by atoms with Crippen LogP contribution in [0.1, 0.15) is 20.8 Å². The summed E-state index contributed by atoms with van der Waals surface area (Å²) in [4.78, 5) is 28.5. The van der Waals surface area contributed by atoms with E-state index in [4.69, 9.17) is 0 Å². The third kappa shape index (κ3) is 31.6. The Morgan fingerprint density at radius 3 is 0.684 bits per heavy atom. The van der Waals surface area contributed by atoms with Crippen molar-refractivity contribution in [3.63, 3.8) is 0 Å². The van der Waals surface area contributed by atoms with Crippen LogP contribution < -0.4 is 15.3 Å². The summed E-state index contributed by atoms with van der Waals surface area (Å²) in [6, 6.07) is 0. The van der Waals surface area contributed by atoms with Gasteiger partial charge in [-0.15, -0.1) is 0 Å². The Morgan fingerprint density at radius 2 is 0.684 bits per heavy atom. The van der Waals surface area contributed by atoms with E-state index in [1.807, 2.05) is 0 Å². The van der Waals surface area contributed by atoms with E-state index in [0.717, 1.165) is 0 Å². The minimum absolute atomic E-state index is 0. The Labute approximate surface area is 144 Å². The van der Waals surface area contributed by atoms with Gasteiger partial charge in [0.05, 0.1) is 17.9 Å². The third-order valence-electron chi connectivity index (χ3n) is 1.05. The van der Waals surface area contributed by atoms with Gasteiger partial charge in [0.25, 0.3) is 0 Å². The molecule has 0 heterocycles. The van der Waals surface area contributed by atoms with Crippen LogP contribution in [-0.2, 0) is 14.4 Å². The average Bonchev–Trinajstić information content (AvgIpc) is 2.18. The fraction of sp³-hybridized carbons (Fsp3) is 0.250. The molecule has 0 unspecified atom stereocenters. The molecule has 107 valence electrons. The quantitative estimate of drug-likeness (QED) is 0.492. The summed E-state index contributed by atoms with van der Waals surface area (Å²) in [5.74, 6) is -3.56. The summed E-state index contributed by atoms with van der Waals surface area (Å²) in [5, 5.41) is 28.5. The van der Waals surface area contributed by atoms with Gasteiger partial charge in [0.15, 0.2) is 0 Å². The van der Waals surface area contributed by atoms with Crippen LogP contribution in [0.15, 0.2) is 36.5 Å². The van der Waals surface area contributed by atoms with Crippen LogP contribution in [-0.4, -0.2) is 17.9 Å². The van der Waals surface area contributed by atoms with Gasteiger partial charge in [-0.05, 0) is 37.5 Å². The zero-order valence-electron chi connectivity index (χ0n) is 10.9. The molecule has 0 aromatic heterocycles. The summed E-state index contributed by atoms with van der Waals surface area (Å²) in [7, 11) is 0. The van der Waals surface area contributed by atoms with Crippen LogP contribution >= 0.6 is 0 Å². The molecule has 0 bridgehead atoms. The van der Waals surface area contributed by atoms with Crippen molar-refractivity contribution in [3.8, 4) is 0 Å². The van der Waals surface area contributed by atoms with Gasteiger partial charge in [-0.3, -0.25) is 0 Å². The van der Waals surface area contributed by atoms with Crippen LogP contribution in [0.3, 0.4) is 0 Å². The Hall–Kier alpha value is -1.05. The predicted octanol–water partition coefficient (Wildman–Crippen LogP) is -2.06. The standard InChI is InChI=1S/3C4H6O2.Gd/c3*1-3(2)4(5)6;/h3*1H2,2H3,(H,5,6);/q;;;+3/p-3. The van der Waals surface area contributed by atoms with Crippen molar-refractivity contribution in [1.29, 1.82) is 0 Å². The zero-order chi connectivity index (χ0) is 15.5. The molecule has 0 fully saturated rings. The zero-order valence-corrected chi connectivity index (χ0v) is 13.2. The van der Waals surface area contributed by atoms with Crippen LogP contribution in [0.2, 0.25) is 0 Å². The largest absolute Gasteiger partial charge is 3.00 e. The van der Waals surface area contributed by atoms with E-state index in [2.05, 4.69) is 19.7 Å². The first-order chi connectivity index (χ1) is 7.93. The Bertz CT molecular complexity index is 277. The Kier molecular flexibility index (Phi) is 20.9. The molecule has 0 N–H and O–H groups in total. The van der Waals surface area contributed by atoms with E-state index >= 15 is 0 Å². The van der Waals surface area contributed by atoms with Gasteiger partial charge in [0.1, 0.15) is 0 Å². The molecule has 0 rings (SSSR count). The number of carboxylic acids is 3. The van der Waals surface area contributed by atoms with Gasteiger partial charge < -0.3 is 29.7 Å². The first kappa shape index (κ1) is 26.5. The SMILES string of the molecule is C=C(C)C(=O)[O-].C=C(C)C(=O)[O-].C=C(C)C(=O)[O-].[Gd+3]. The number of hydrogen-bond donors (Lipinski definition) is 0. The topological polar surface area (TPSA) is 120 Å². The second-order valence-corrected chi connectivity index (χ2v) is 3.20. The average molecular weight is 412 g/mol. The van der Waals surface area contributed by atoms with E-state index in [0.29, 0.717) is 0 Å². The van der Waals surface area contributed by atoms with E-state index in [1.165, 1.54) is 20.8 Å². The second-order valence-electron chi connectivity index (χ2n) is 3.20. The fourth-order valence-corrected chi connectivity index (χ4v) is 0. The molecule has 0 aromatic rings. The molecular weight excluding hydrogens is 397 g/mol. The van der Waals surface area contributed by atoms with Gasteiger partial charge >= 0.3 is 39.9 Å². The molecule has 0 saturated carbocycles. The number of rotatable bonds is 3. The summed E-state index contributed by atoms with van der Waals surface area (Å²) in [6.45, 7) is 13.4. The molecule has 6 nitrogen and oxygen atoms in total. The summed E-state index contributed by atoms with van der Waals surface area (Å²) >= 11 is 0. The van der Waals surface area contributed by atoms with Crippen molar-refractivity contribution in [2.75, 3.05) is 0 Å². The second kappa shape index (κ2) is 15.0. The van der Waals surface area contributed by atoms with Crippen LogP contribution in [0.25, 0.3) is 0 Å². The molecule has 1 radical (unpaired) electrons. The van der Waals surface area contributed by atoms with Gasteiger partial charge in [-0.25, -0.2) is 0 Å². The minimum atomic E-state index is -1.19. The van der Waals surface area contributed by atoms with Crippen LogP contribution in [0, 0.1) is 39.9 Å². The fourth-order valence-electron chi connectivity index (χ4n) is 0. The smallest absolute Gasteiger partial charge is 0.545 e.